The molecule has 0 fully saturated rings. The highest BCUT2D eigenvalue weighted by Crippen LogP contribution is 2.50. The van der Waals surface area contributed by atoms with E-state index in [1.54, 1.807) is 6.07 Å². The molecule has 29 heavy (non-hydrogen) atoms. The van der Waals surface area contributed by atoms with Gasteiger partial charge in [0.25, 0.3) is 0 Å². The Morgan fingerprint density at radius 3 is 2.38 bits per heavy atom. The van der Waals surface area contributed by atoms with Crippen molar-refractivity contribution < 1.29 is 4.74 Å². The topological polar surface area (TPSA) is 24.8 Å². The minimum absolute atomic E-state index is 0.00747. The summed E-state index contributed by atoms with van der Waals surface area (Å²) in [6, 6.07) is 19.7. The number of hydrogen-bond donors (Lipinski definition) is 0. The first-order valence-electron chi connectivity index (χ1n) is 9.33. The predicted octanol–water partition coefficient (Wildman–Crippen LogP) is 7.20. The lowest BCUT2D eigenvalue weighted by atomic mass is 9.95. The maximum absolute atomic E-state index is 6.51. The minimum atomic E-state index is -0.364. The lowest BCUT2D eigenvalue weighted by molar-refractivity contribution is -0.0189. The third-order valence-corrected chi connectivity index (χ3v) is 6.10. The van der Waals surface area contributed by atoms with E-state index in [0.717, 1.165) is 28.8 Å². The highest BCUT2D eigenvalue weighted by atomic mass is 35.5. The summed E-state index contributed by atoms with van der Waals surface area (Å²) in [5.41, 5.74) is 5.20. The summed E-state index contributed by atoms with van der Waals surface area (Å²) in [6.45, 7) is 2.06. The van der Waals surface area contributed by atoms with Crippen LogP contribution in [-0.2, 0) is 0 Å². The van der Waals surface area contributed by atoms with Crippen molar-refractivity contribution in [3.05, 3.63) is 98.0 Å². The van der Waals surface area contributed by atoms with Gasteiger partial charge in [-0.3, -0.25) is 0 Å². The second-order valence-electron chi connectivity index (χ2n) is 7.34. The monoisotopic (exact) mass is 442 g/mol. The Kier molecular flexibility index (Phi) is 4.70. The highest BCUT2D eigenvalue weighted by Gasteiger charge is 2.42. The van der Waals surface area contributed by atoms with Gasteiger partial charge in [-0.25, -0.2) is 5.01 Å². The Morgan fingerprint density at radius 2 is 1.66 bits per heavy atom. The van der Waals surface area contributed by atoms with Gasteiger partial charge in [-0.05, 0) is 36.8 Å². The van der Waals surface area contributed by atoms with Crippen LogP contribution in [0, 0.1) is 6.92 Å². The van der Waals surface area contributed by atoms with Crippen LogP contribution in [0.15, 0.2) is 65.8 Å². The van der Waals surface area contributed by atoms with Crippen LogP contribution in [0.25, 0.3) is 0 Å². The van der Waals surface area contributed by atoms with Crippen molar-refractivity contribution in [3.8, 4) is 5.75 Å². The van der Waals surface area contributed by atoms with Crippen LogP contribution in [0.4, 0.5) is 0 Å². The zero-order valence-electron chi connectivity index (χ0n) is 15.6. The molecule has 0 saturated heterocycles. The Morgan fingerprint density at radius 1 is 0.931 bits per heavy atom. The van der Waals surface area contributed by atoms with E-state index in [9.17, 15) is 0 Å². The van der Waals surface area contributed by atoms with Crippen LogP contribution in [0.1, 0.15) is 40.9 Å². The van der Waals surface area contributed by atoms with Crippen molar-refractivity contribution in [2.24, 2.45) is 5.10 Å². The van der Waals surface area contributed by atoms with Crippen molar-refractivity contribution in [2.45, 2.75) is 25.6 Å². The zero-order chi connectivity index (χ0) is 20.1. The Hall–Kier alpha value is -2.20. The minimum Gasteiger partial charge on any atom is -0.463 e. The van der Waals surface area contributed by atoms with Crippen molar-refractivity contribution in [3.63, 3.8) is 0 Å². The Labute approximate surface area is 184 Å². The molecule has 2 atom stereocenters. The van der Waals surface area contributed by atoms with Gasteiger partial charge in [0.15, 0.2) is 0 Å². The summed E-state index contributed by atoms with van der Waals surface area (Å²) in [5, 5.41) is 8.77. The van der Waals surface area contributed by atoms with Gasteiger partial charge in [0.1, 0.15) is 5.75 Å². The van der Waals surface area contributed by atoms with E-state index in [2.05, 4.69) is 31.2 Å². The fourth-order valence-corrected chi connectivity index (χ4v) is 4.56. The number of ether oxygens (including phenoxy) is 1. The molecule has 0 aliphatic carbocycles. The van der Waals surface area contributed by atoms with E-state index in [-0.39, 0.29) is 12.3 Å². The molecule has 3 nitrogen and oxygen atoms in total. The molecule has 0 radical (unpaired) electrons. The number of halogens is 3. The van der Waals surface area contributed by atoms with Crippen LogP contribution in [0.3, 0.4) is 0 Å². The number of hydrogen-bond acceptors (Lipinski definition) is 3. The summed E-state index contributed by atoms with van der Waals surface area (Å²) < 4.78 is 6.37. The van der Waals surface area contributed by atoms with Crippen molar-refractivity contribution >= 4 is 40.5 Å². The molecule has 3 aromatic carbocycles. The fraction of sp³-hybridized carbons (Fsp3) is 0.174. The largest absolute Gasteiger partial charge is 0.463 e. The number of rotatable bonds is 2. The summed E-state index contributed by atoms with van der Waals surface area (Å²) in [4.78, 5) is 0. The SMILES string of the molecule is Cc1ccc([C@@H]2Oc3c(Cl)cc(Cl)cc3[C@@H]3CC(c4ccc(Cl)cc4)=NN32)cc1. The summed E-state index contributed by atoms with van der Waals surface area (Å²) in [7, 11) is 0. The summed E-state index contributed by atoms with van der Waals surface area (Å²) in [6.07, 6.45) is 0.369. The van der Waals surface area contributed by atoms with Crippen molar-refractivity contribution in [1.82, 2.24) is 5.01 Å². The van der Waals surface area contributed by atoms with Gasteiger partial charge in [-0.1, -0.05) is 76.8 Å². The molecule has 0 unspecified atom stereocenters. The number of benzene rings is 3. The third kappa shape index (κ3) is 3.38. The van der Waals surface area contributed by atoms with E-state index in [1.165, 1.54) is 5.56 Å². The van der Waals surface area contributed by atoms with Crippen LogP contribution in [-0.4, -0.2) is 10.7 Å². The predicted molar refractivity (Wildman–Crippen MR) is 118 cm³/mol. The van der Waals surface area contributed by atoms with E-state index in [0.29, 0.717) is 20.8 Å². The average Bonchev–Trinajstić information content (AvgIpc) is 3.14. The molecular weight excluding hydrogens is 427 g/mol. The molecule has 3 aromatic rings. The van der Waals surface area contributed by atoms with Gasteiger partial charge < -0.3 is 4.74 Å². The second-order valence-corrected chi connectivity index (χ2v) is 8.62. The van der Waals surface area contributed by atoms with Gasteiger partial charge in [0.2, 0.25) is 6.23 Å². The normalized spacial score (nSPS) is 20.0. The van der Waals surface area contributed by atoms with Crippen molar-refractivity contribution in [1.29, 1.82) is 0 Å². The van der Waals surface area contributed by atoms with Crippen LogP contribution in [0.5, 0.6) is 5.75 Å². The van der Waals surface area contributed by atoms with E-state index in [1.807, 2.05) is 35.3 Å². The lowest BCUT2D eigenvalue weighted by Gasteiger charge is -2.38. The summed E-state index contributed by atoms with van der Waals surface area (Å²) in [5.74, 6) is 0.676. The molecular formula is C23H17Cl3N2O. The molecule has 0 aromatic heterocycles. The molecule has 2 heterocycles. The standard InChI is InChI=1S/C23H17Cl3N2O/c1-13-2-4-15(5-3-13)23-28-21(18-10-17(25)11-19(26)22(18)29-23)12-20(27-28)14-6-8-16(24)9-7-14/h2-11,21,23H,12H2,1H3/t21-,23-/m0/s1. The molecule has 0 spiro atoms. The van der Waals surface area contributed by atoms with Crippen LogP contribution in [0.2, 0.25) is 15.1 Å². The average molecular weight is 444 g/mol. The van der Waals surface area contributed by atoms with Gasteiger partial charge in [-0.15, -0.1) is 0 Å². The van der Waals surface area contributed by atoms with Gasteiger partial charge in [0, 0.05) is 27.6 Å². The zero-order valence-corrected chi connectivity index (χ0v) is 17.8. The highest BCUT2D eigenvalue weighted by molar-refractivity contribution is 6.35. The molecule has 2 aliphatic heterocycles. The van der Waals surface area contributed by atoms with Crippen molar-refractivity contribution in [2.75, 3.05) is 0 Å². The molecule has 0 amide bonds. The third-order valence-electron chi connectivity index (χ3n) is 5.35. The first-order valence-corrected chi connectivity index (χ1v) is 10.5. The lowest BCUT2D eigenvalue weighted by Crippen LogP contribution is -2.33. The van der Waals surface area contributed by atoms with Gasteiger partial charge >= 0.3 is 0 Å². The molecule has 146 valence electrons. The molecule has 0 N–H and O–H groups in total. The second kappa shape index (κ2) is 7.24. The van der Waals surface area contributed by atoms with E-state index < -0.39 is 0 Å². The molecule has 5 rings (SSSR count). The van der Waals surface area contributed by atoms with Gasteiger partial charge in [-0.2, -0.15) is 5.10 Å². The number of nitrogens with zero attached hydrogens (tertiary/aromatic N) is 2. The van der Waals surface area contributed by atoms with E-state index in [4.69, 9.17) is 44.6 Å². The first-order chi connectivity index (χ1) is 14.0. The van der Waals surface area contributed by atoms with Crippen LogP contribution < -0.4 is 4.74 Å². The molecule has 6 heteroatoms. The Balaban J connectivity index is 1.62. The molecule has 2 aliphatic rings. The maximum atomic E-state index is 6.51. The Bertz CT molecular complexity index is 1110. The smallest absolute Gasteiger partial charge is 0.213 e. The summed E-state index contributed by atoms with van der Waals surface area (Å²) >= 11 is 18.9. The van der Waals surface area contributed by atoms with Gasteiger partial charge in [0.05, 0.1) is 16.8 Å². The first kappa shape index (κ1) is 18.8. The quantitative estimate of drug-likeness (QED) is 0.418. The molecule has 0 saturated carbocycles. The fourth-order valence-electron chi connectivity index (χ4n) is 3.88. The van der Waals surface area contributed by atoms with Crippen LogP contribution >= 0.6 is 34.8 Å². The maximum Gasteiger partial charge on any atom is 0.213 e. The number of hydrazone groups is 1. The number of fused-ring (bicyclic) bond motifs is 3. The number of aryl methyl sites for hydroxylation is 1. The van der Waals surface area contributed by atoms with E-state index >= 15 is 0 Å². The molecule has 0 bridgehead atoms.